The van der Waals surface area contributed by atoms with Gasteiger partial charge in [0.15, 0.2) is 0 Å². The van der Waals surface area contributed by atoms with Crippen molar-refractivity contribution in [3.05, 3.63) is 0 Å². The quantitative estimate of drug-likeness (QED) is 0.690. The van der Waals surface area contributed by atoms with E-state index in [1.165, 1.54) is 32.4 Å². The van der Waals surface area contributed by atoms with Gasteiger partial charge < -0.3 is 10.6 Å². The molecule has 0 saturated carbocycles. The molecule has 3 rings (SSSR count). The molecule has 1 amide bonds. The average molecular weight is 223 g/mol. The molecule has 3 saturated heterocycles. The predicted molar refractivity (Wildman–Crippen MR) is 62.1 cm³/mol. The summed E-state index contributed by atoms with van der Waals surface area (Å²) in [5.41, 5.74) is 0. The number of amides is 1. The van der Waals surface area contributed by atoms with Crippen LogP contribution >= 0.6 is 0 Å². The minimum Gasteiger partial charge on any atom is -0.354 e. The smallest absolute Gasteiger partial charge is 0.224 e. The van der Waals surface area contributed by atoms with E-state index in [0.717, 1.165) is 19.5 Å². The Morgan fingerprint density at radius 1 is 1.31 bits per heavy atom. The average Bonchev–Trinajstić information content (AvgIpc) is 2.90. The molecule has 3 aliphatic rings. The highest BCUT2D eigenvalue weighted by atomic mass is 16.2. The Morgan fingerprint density at radius 2 is 2.25 bits per heavy atom. The number of nitrogens with one attached hydrogen (secondary N) is 2. The van der Waals surface area contributed by atoms with Gasteiger partial charge in [0, 0.05) is 25.2 Å². The number of piperidine rings is 1. The number of nitrogens with zero attached hydrogens (tertiary/aromatic N) is 1. The Labute approximate surface area is 96.8 Å². The zero-order valence-electron chi connectivity index (χ0n) is 9.74. The third kappa shape index (κ3) is 1.84. The van der Waals surface area contributed by atoms with E-state index >= 15 is 0 Å². The minimum absolute atomic E-state index is 0.273. The second kappa shape index (κ2) is 4.34. The van der Waals surface area contributed by atoms with E-state index < -0.39 is 0 Å². The molecular weight excluding hydrogens is 202 g/mol. The first-order valence-corrected chi connectivity index (χ1v) is 6.60. The maximum absolute atomic E-state index is 11.6. The molecule has 0 aliphatic carbocycles. The van der Waals surface area contributed by atoms with Crippen molar-refractivity contribution in [3.63, 3.8) is 0 Å². The van der Waals surface area contributed by atoms with Crippen LogP contribution in [-0.2, 0) is 4.79 Å². The van der Waals surface area contributed by atoms with Gasteiger partial charge in [-0.3, -0.25) is 9.69 Å². The van der Waals surface area contributed by atoms with Crippen LogP contribution in [0.1, 0.15) is 25.7 Å². The zero-order valence-corrected chi connectivity index (χ0v) is 9.74. The van der Waals surface area contributed by atoms with Crippen LogP contribution < -0.4 is 10.6 Å². The fourth-order valence-electron chi connectivity index (χ4n) is 3.46. The molecule has 3 fully saturated rings. The van der Waals surface area contributed by atoms with Crippen molar-refractivity contribution in [1.29, 1.82) is 0 Å². The number of hydrogen-bond acceptors (Lipinski definition) is 3. The second-order valence-electron chi connectivity index (χ2n) is 5.35. The highest BCUT2D eigenvalue weighted by molar-refractivity contribution is 5.82. The molecule has 0 aromatic heterocycles. The maximum Gasteiger partial charge on any atom is 0.224 e. The van der Waals surface area contributed by atoms with Gasteiger partial charge in [-0.1, -0.05) is 0 Å². The highest BCUT2D eigenvalue weighted by Crippen LogP contribution is 2.27. The molecule has 3 atom stereocenters. The first-order chi connectivity index (χ1) is 7.84. The van der Waals surface area contributed by atoms with Crippen LogP contribution in [-0.4, -0.2) is 49.1 Å². The minimum atomic E-state index is 0.273. The molecule has 3 aliphatic heterocycles. The summed E-state index contributed by atoms with van der Waals surface area (Å²) in [6.07, 6.45) is 4.88. The van der Waals surface area contributed by atoms with Crippen LogP contribution in [0, 0.1) is 5.92 Å². The molecule has 2 unspecified atom stereocenters. The van der Waals surface area contributed by atoms with Gasteiger partial charge in [-0.2, -0.15) is 0 Å². The van der Waals surface area contributed by atoms with E-state index in [-0.39, 0.29) is 11.8 Å². The zero-order chi connectivity index (χ0) is 11.0. The summed E-state index contributed by atoms with van der Waals surface area (Å²) in [6, 6.07) is 1.14. The van der Waals surface area contributed by atoms with Crippen LogP contribution in [0.25, 0.3) is 0 Å². The summed E-state index contributed by atoms with van der Waals surface area (Å²) in [4.78, 5) is 14.2. The van der Waals surface area contributed by atoms with Crippen LogP contribution in [0.2, 0.25) is 0 Å². The molecule has 2 N–H and O–H groups in total. The van der Waals surface area contributed by atoms with Gasteiger partial charge in [0.25, 0.3) is 0 Å². The van der Waals surface area contributed by atoms with Gasteiger partial charge in [0.1, 0.15) is 0 Å². The molecule has 90 valence electrons. The topological polar surface area (TPSA) is 44.4 Å². The first kappa shape index (κ1) is 10.5. The third-order valence-electron chi connectivity index (χ3n) is 4.33. The lowest BCUT2D eigenvalue weighted by Gasteiger charge is -2.37. The van der Waals surface area contributed by atoms with Crippen LogP contribution in [0.5, 0.6) is 0 Å². The summed E-state index contributed by atoms with van der Waals surface area (Å²) >= 11 is 0. The molecule has 0 aromatic carbocycles. The standard InChI is InChI=1S/C12H21N3O/c16-12-10-4-2-6-15(11(10)7-14-12)8-9-3-1-5-13-9/h9-11,13H,1-8H2,(H,14,16)/t9-,10?,11?/m0/s1. The number of hydrogen-bond donors (Lipinski definition) is 2. The fourth-order valence-corrected chi connectivity index (χ4v) is 3.46. The van der Waals surface area contributed by atoms with Crippen molar-refractivity contribution in [1.82, 2.24) is 15.5 Å². The molecule has 0 aromatic rings. The van der Waals surface area contributed by atoms with E-state index in [1.807, 2.05) is 0 Å². The summed E-state index contributed by atoms with van der Waals surface area (Å²) in [6.45, 7) is 4.35. The summed E-state index contributed by atoms with van der Waals surface area (Å²) < 4.78 is 0. The SMILES string of the molecule is O=C1NCC2C1CCCN2C[C@@H]1CCCN1. The number of rotatable bonds is 2. The Balaban J connectivity index is 1.63. The molecule has 0 bridgehead atoms. The van der Waals surface area contributed by atoms with Crippen LogP contribution in [0.3, 0.4) is 0 Å². The van der Waals surface area contributed by atoms with E-state index in [2.05, 4.69) is 15.5 Å². The number of carbonyl (C=O) groups excluding carboxylic acids is 1. The van der Waals surface area contributed by atoms with Crippen LogP contribution in [0.15, 0.2) is 0 Å². The van der Waals surface area contributed by atoms with Crippen molar-refractivity contribution in [2.24, 2.45) is 5.92 Å². The summed E-state index contributed by atoms with van der Waals surface area (Å²) in [5, 5.41) is 6.56. The number of carbonyl (C=O) groups is 1. The predicted octanol–water partition coefficient (Wildman–Crippen LogP) is -0.0512. The van der Waals surface area contributed by atoms with E-state index in [1.54, 1.807) is 0 Å². The largest absolute Gasteiger partial charge is 0.354 e. The van der Waals surface area contributed by atoms with Crippen molar-refractivity contribution >= 4 is 5.91 Å². The van der Waals surface area contributed by atoms with Gasteiger partial charge in [0.05, 0.1) is 5.92 Å². The van der Waals surface area contributed by atoms with Crippen molar-refractivity contribution < 1.29 is 4.79 Å². The molecule has 0 spiro atoms. The summed E-state index contributed by atoms with van der Waals surface area (Å²) in [5.74, 6) is 0.559. The third-order valence-corrected chi connectivity index (χ3v) is 4.33. The number of likely N-dealkylation sites (tertiary alicyclic amines) is 1. The van der Waals surface area contributed by atoms with E-state index in [9.17, 15) is 4.79 Å². The Bertz CT molecular complexity index is 275. The van der Waals surface area contributed by atoms with Crippen molar-refractivity contribution in [3.8, 4) is 0 Å². The lowest BCUT2D eigenvalue weighted by molar-refractivity contribution is -0.124. The maximum atomic E-state index is 11.6. The Morgan fingerprint density at radius 3 is 3.06 bits per heavy atom. The lowest BCUT2D eigenvalue weighted by atomic mass is 9.91. The molecule has 3 heterocycles. The lowest BCUT2D eigenvalue weighted by Crippen LogP contribution is -2.50. The van der Waals surface area contributed by atoms with E-state index in [0.29, 0.717) is 12.1 Å². The van der Waals surface area contributed by atoms with Gasteiger partial charge in [-0.05, 0) is 38.8 Å². The molecule has 16 heavy (non-hydrogen) atoms. The highest BCUT2D eigenvalue weighted by Gasteiger charge is 2.41. The molecular formula is C12H21N3O. The van der Waals surface area contributed by atoms with Crippen LogP contribution in [0.4, 0.5) is 0 Å². The van der Waals surface area contributed by atoms with Crippen molar-refractivity contribution in [2.75, 3.05) is 26.2 Å². The Hall–Kier alpha value is -0.610. The van der Waals surface area contributed by atoms with E-state index in [4.69, 9.17) is 0 Å². The molecule has 4 heteroatoms. The first-order valence-electron chi connectivity index (χ1n) is 6.60. The normalized spacial score (nSPS) is 39.8. The molecule has 0 radical (unpaired) electrons. The second-order valence-corrected chi connectivity index (χ2v) is 5.35. The Kier molecular flexibility index (Phi) is 2.86. The van der Waals surface area contributed by atoms with Crippen molar-refractivity contribution in [2.45, 2.75) is 37.8 Å². The van der Waals surface area contributed by atoms with Gasteiger partial charge >= 0.3 is 0 Å². The summed E-state index contributed by atoms with van der Waals surface area (Å²) in [7, 11) is 0. The molecule has 4 nitrogen and oxygen atoms in total. The van der Waals surface area contributed by atoms with Gasteiger partial charge in [-0.15, -0.1) is 0 Å². The fraction of sp³-hybridized carbons (Fsp3) is 0.917. The number of fused-ring (bicyclic) bond motifs is 1. The van der Waals surface area contributed by atoms with Gasteiger partial charge in [-0.25, -0.2) is 0 Å². The monoisotopic (exact) mass is 223 g/mol. The van der Waals surface area contributed by atoms with Gasteiger partial charge in [0.2, 0.25) is 5.91 Å².